The molecule has 0 saturated carbocycles. The highest BCUT2D eigenvalue weighted by Crippen LogP contribution is 2.24. The summed E-state index contributed by atoms with van der Waals surface area (Å²) in [5.41, 5.74) is 0.687. The molecule has 1 aromatic carbocycles. The Morgan fingerprint density at radius 1 is 1.48 bits per heavy atom. The van der Waals surface area contributed by atoms with Gasteiger partial charge in [-0.15, -0.1) is 0 Å². The highest BCUT2D eigenvalue weighted by molar-refractivity contribution is 5.67. The minimum absolute atomic E-state index is 0.0277. The van der Waals surface area contributed by atoms with E-state index in [0.717, 1.165) is 5.56 Å². The van der Waals surface area contributed by atoms with E-state index in [2.05, 4.69) is 0 Å². The van der Waals surface area contributed by atoms with Crippen molar-refractivity contribution in [2.24, 2.45) is 0 Å². The van der Waals surface area contributed by atoms with E-state index in [9.17, 15) is 14.9 Å². The van der Waals surface area contributed by atoms with Gasteiger partial charge in [-0.1, -0.05) is 6.92 Å². The molecule has 0 aliphatic heterocycles. The summed E-state index contributed by atoms with van der Waals surface area (Å²) in [6.45, 7) is 4.83. The largest absolute Gasteiger partial charge is 0.496 e. The number of methoxy groups -OCH3 is 1. The fraction of sp³-hybridized carbons (Fsp3) is 0.500. The van der Waals surface area contributed by atoms with Crippen molar-refractivity contribution in [1.82, 2.24) is 4.90 Å². The molecule has 1 rings (SSSR count). The number of benzene rings is 1. The van der Waals surface area contributed by atoms with E-state index in [1.165, 1.54) is 19.2 Å². The molecular weight excluding hydrogens is 276 g/mol. The summed E-state index contributed by atoms with van der Waals surface area (Å²) in [5, 5.41) is 19.8. The SMILES string of the molecule is CCN(Cc1cc(OC)cc([N+](=O)[O-])c1)C(C)CC(=O)O. The number of nitrogens with zero attached hydrogens (tertiary/aromatic N) is 2. The van der Waals surface area contributed by atoms with E-state index in [-0.39, 0.29) is 18.2 Å². The number of aliphatic carboxylic acids is 1. The second kappa shape index (κ2) is 7.58. The number of nitro groups is 1. The fourth-order valence-electron chi connectivity index (χ4n) is 2.15. The monoisotopic (exact) mass is 296 g/mol. The van der Waals surface area contributed by atoms with Crippen LogP contribution in [-0.4, -0.2) is 40.6 Å². The average molecular weight is 296 g/mol. The van der Waals surface area contributed by atoms with Crippen molar-refractivity contribution in [3.05, 3.63) is 33.9 Å². The van der Waals surface area contributed by atoms with Crippen LogP contribution in [0.1, 0.15) is 25.8 Å². The lowest BCUT2D eigenvalue weighted by atomic mass is 10.1. The van der Waals surface area contributed by atoms with Gasteiger partial charge >= 0.3 is 5.97 Å². The molecule has 1 N–H and O–H groups in total. The first-order valence-corrected chi connectivity index (χ1v) is 6.65. The van der Waals surface area contributed by atoms with Crippen LogP contribution in [0.2, 0.25) is 0 Å². The molecule has 1 atom stereocenters. The van der Waals surface area contributed by atoms with Gasteiger partial charge in [0.2, 0.25) is 0 Å². The summed E-state index contributed by atoms with van der Waals surface area (Å²) in [5.74, 6) is -0.446. The van der Waals surface area contributed by atoms with Crippen LogP contribution < -0.4 is 4.74 Å². The molecule has 0 heterocycles. The van der Waals surface area contributed by atoms with Crippen molar-refractivity contribution in [1.29, 1.82) is 0 Å². The first-order chi connectivity index (χ1) is 9.87. The average Bonchev–Trinajstić information content (AvgIpc) is 2.43. The van der Waals surface area contributed by atoms with Crippen LogP contribution in [0.25, 0.3) is 0 Å². The van der Waals surface area contributed by atoms with Gasteiger partial charge in [0, 0.05) is 18.7 Å². The zero-order valence-electron chi connectivity index (χ0n) is 12.4. The summed E-state index contributed by atoms with van der Waals surface area (Å²) in [7, 11) is 1.45. The Hall–Kier alpha value is -2.15. The number of carboxylic acid groups (broad SMARTS) is 1. The lowest BCUT2D eigenvalue weighted by Gasteiger charge is -2.26. The van der Waals surface area contributed by atoms with Crippen LogP contribution in [0.3, 0.4) is 0 Å². The first-order valence-electron chi connectivity index (χ1n) is 6.65. The number of nitro benzene ring substituents is 1. The van der Waals surface area contributed by atoms with Gasteiger partial charge < -0.3 is 9.84 Å². The van der Waals surface area contributed by atoms with Crippen LogP contribution >= 0.6 is 0 Å². The van der Waals surface area contributed by atoms with Crippen LogP contribution in [0.4, 0.5) is 5.69 Å². The van der Waals surface area contributed by atoms with E-state index < -0.39 is 10.9 Å². The van der Waals surface area contributed by atoms with E-state index in [1.807, 2.05) is 18.7 Å². The van der Waals surface area contributed by atoms with Crippen LogP contribution in [0.15, 0.2) is 18.2 Å². The van der Waals surface area contributed by atoms with Crippen LogP contribution in [0, 0.1) is 10.1 Å². The molecule has 1 aromatic rings. The van der Waals surface area contributed by atoms with Crippen molar-refractivity contribution in [3.8, 4) is 5.75 Å². The third kappa shape index (κ3) is 5.03. The Morgan fingerprint density at radius 2 is 2.14 bits per heavy atom. The molecule has 0 aliphatic rings. The Kier molecular flexibility index (Phi) is 6.10. The fourth-order valence-corrected chi connectivity index (χ4v) is 2.15. The Morgan fingerprint density at radius 3 is 2.62 bits per heavy atom. The number of carbonyl (C=O) groups is 1. The van der Waals surface area contributed by atoms with Crippen LogP contribution in [0.5, 0.6) is 5.75 Å². The number of hydrogen-bond acceptors (Lipinski definition) is 5. The molecule has 0 spiro atoms. The zero-order valence-corrected chi connectivity index (χ0v) is 12.4. The van der Waals surface area contributed by atoms with Crippen molar-refractivity contribution < 1.29 is 19.6 Å². The highest BCUT2D eigenvalue weighted by atomic mass is 16.6. The van der Waals surface area contributed by atoms with Gasteiger partial charge in [-0.3, -0.25) is 19.8 Å². The number of carboxylic acids is 1. The summed E-state index contributed by atoms with van der Waals surface area (Å²) in [6, 6.07) is 4.42. The maximum atomic E-state index is 10.9. The predicted octanol–water partition coefficient (Wildman–Crippen LogP) is 2.29. The van der Waals surface area contributed by atoms with E-state index in [0.29, 0.717) is 18.8 Å². The zero-order chi connectivity index (χ0) is 16.0. The maximum Gasteiger partial charge on any atom is 0.304 e. The molecule has 0 radical (unpaired) electrons. The van der Waals surface area contributed by atoms with Crippen LogP contribution in [-0.2, 0) is 11.3 Å². The van der Waals surface area contributed by atoms with E-state index in [1.54, 1.807) is 6.07 Å². The molecule has 21 heavy (non-hydrogen) atoms. The quantitative estimate of drug-likeness (QED) is 0.584. The molecule has 0 fully saturated rings. The Bertz CT molecular complexity index is 518. The third-order valence-corrected chi connectivity index (χ3v) is 3.28. The molecule has 116 valence electrons. The highest BCUT2D eigenvalue weighted by Gasteiger charge is 2.18. The predicted molar refractivity (Wildman–Crippen MR) is 77.4 cm³/mol. The lowest BCUT2D eigenvalue weighted by Crippen LogP contribution is -2.34. The molecule has 7 heteroatoms. The van der Waals surface area contributed by atoms with Crippen molar-refractivity contribution in [2.45, 2.75) is 32.9 Å². The molecule has 0 bridgehead atoms. The minimum atomic E-state index is -0.863. The van der Waals surface area contributed by atoms with Gasteiger partial charge in [-0.25, -0.2) is 0 Å². The summed E-state index contributed by atoms with van der Waals surface area (Å²) in [4.78, 5) is 23.2. The summed E-state index contributed by atoms with van der Waals surface area (Å²) in [6.07, 6.45) is 0.0277. The van der Waals surface area contributed by atoms with Crippen molar-refractivity contribution in [3.63, 3.8) is 0 Å². The van der Waals surface area contributed by atoms with Gasteiger partial charge in [0.05, 0.1) is 24.5 Å². The molecule has 0 aliphatic carbocycles. The topological polar surface area (TPSA) is 92.9 Å². The van der Waals surface area contributed by atoms with Gasteiger partial charge in [-0.2, -0.15) is 0 Å². The number of ether oxygens (including phenoxy) is 1. The molecule has 0 amide bonds. The second-order valence-electron chi connectivity index (χ2n) is 4.81. The van der Waals surface area contributed by atoms with Crippen molar-refractivity contribution in [2.75, 3.05) is 13.7 Å². The van der Waals surface area contributed by atoms with Gasteiger partial charge in [0.25, 0.3) is 5.69 Å². The first kappa shape index (κ1) is 16.9. The molecule has 7 nitrogen and oxygen atoms in total. The second-order valence-corrected chi connectivity index (χ2v) is 4.81. The summed E-state index contributed by atoms with van der Waals surface area (Å²) >= 11 is 0. The number of hydrogen-bond donors (Lipinski definition) is 1. The van der Waals surface area contributed by atoms with Gasteiger partial charge in [0.1, 0.15) is 5.75 Å². The minimum Gasteiger partial charge on any atom is -0.496 e. The third-order valence-electron chi connectivity index (χ3n) is 3.28. The van der Waals surface area contributed by atoms with Gasteiger partial charge in [-0.05, 0) is 25.1 Å². The molecule has 1 unspecified atom stereocenters. The molecule has 0 aromatic heterocycles. The van der Waals surface area contributed by atoms with E-state index >= 15 is 0 Å². The maximum absolute atomic E-state index is 10.9. The van der Waals surface area contributed by atoms with Gasteiger partial charge in [0.15, 0.2) is 0 Å². The number of non-ortho nitro benzene ring substituents is 1. The standard InChI is InChI=1S/C14H20N2O5/c1-4-15(10(2)5-14(17)18)9-11-6-12(16(19)20)8-13(7-11)21-3/h6-8,10H,4-5,9H2,1-3H3,(H,17,18). The molecular formula is C14H20N2O5. The Labute approximate surface area is 123 Å². The smallest absolute Gasteiger partial charge is 0.304 e. The normalized spacial score (nSPS) is 12.2. The lowest BCUT2D eigenvalue weighted by molar-refractivity contribution is -0.385. The number of rotatable bonds is 8. The van der Waals surface area contributed by atoms with E-state index in [4.69, 9.17) is 9.84 Å². The van der Waals surface area contributed by atoms with Crippen molar-refractivity contribution >= 4 is 11.7 Å². The Balaban J connectivity index is 2.95. The molecule has 0 saturated heterocycles. The summed E-state index contributed by atoms with van der Waals surface area (Å²) < 4.78 is 5.07.